The maximum Gasteiger partial charge on any atom is 0.105 e. The van der Waals surface area contributed by atoms with Gasteiger partial charge >= 0.3 is 0 Å². The molecule has 0 bridgehead atoms. The maximum atomic E-state index is 9.51. The molecule has 2 unspecified atom stereocenters. The van der Waals surface area contributed by atoms with Crippen LogP contribution in [0, 0.1) is 17.2 Å². The van der Waals surface area contributed by atoms with Crippen molar-refractivity contribution in [1.29, 1.82) is 5.26 Å². The molecule has 2 rings (SSSR count). The Morgan fingerprint density at radius 3 is 2.48 bits per heavy atom. The summed E-state index contributed by atoms with van der Waals surface area (Å²) in [6.45, 7) is 7.95. The van der Waals surface area contributed by atoms with Gasteiger partial charge in [0.2, 0.25) is 0 Å². The minimum absolute atomic E-state index is 0.373. The summed E-state index contributed by atoms with van der Waals surface area (Å²) in [5.41, 5.74) is -0.373. The van der Waals surface area contributed by atoms with Crippen LogP contribution in [0.25, 0.3) is 0 Å². The number of nitrogens with zero attached hydrogens (tertiary/aromatic N) is 3. The molecule has 21 heavy (non-hydrogen) atoms. The zero-order chi connectivity index (χ0) is 15.5. The lowest BCUT2D eigenvalue weighted by atomic mass is 9.92. The number of hydrogen-bond donors (Lipinski definition) is 1. The lowest BCUT2D eigenvalue weighted by Gasteiger charge is -2.36. The minimum atomic E-state index is -0.373. The van der Waals surface area contributed by atoms with Crippen molar-refractivity contribution in [2.45, 2.75) is 63.6 Å². The Morgan fingerprint density at radius 2 is 1.95 bits per heavy atom. The minimum Gasteiger partial charge on any atom is -0.306 e. The molecule has 0 aromatic heterocycles. The van der Waals surface area contributed by atoms with Crippen LogP contribution >= 0.6 is 0 Å². The predicted molar refractivity (Wildman–Crippen MR) is 87.1 cm³/mol. The predicted octanol–water partition coefficient (Wildman–Crippen LogP) is 2.07. The molecule has 1 N–H and O–H groups in total. The van der Waals surface area contributed by atoms with E-state index < -0.39 is 0 Å². The zero-order valence-electron chi connectivity index (χ0n) is 14.2. The van der Waals surface area contributed by atoms with E-state index in [4.69, 9.17) is 0 Å². The topological polar surface area (TPSA) is 42.3 Å². The molecule has 1 saturated heterocycles. The number of likely N-dealkylation sites (tertiary alicyclic amines) is 1. The molecule has 0 spiro atoms. The Morgan fingerprint density at radius 1 is 1.33 bits per heavy atom. The third-order valence-corrected chi connectivity index (χ3v) is 5.19. The highest BCUT2D eigenvalue weighted by atomic mass is 15.1. The summed E-state index contributed by atoms with van der Waals surface area (Å²) < 4.78 is 0. The smallest absolute Gasteiger partial charge is 0.105 e. The van der Waals surface area contributed by atoms with Gasteiger partial charge < -0.3 is 9.80 Å². The SMILES string of the molecule is CC(CC(C)(C#N)NC1CC1)N(C)CC1CCN(C)CC1. The summed E-state index contributed by atoms with van der Waals surface area (Å²) in [6, 6.07) is 3.53. The standard InChI is InChI=1S/C17H32N4/c1-14(11-17(2,13-18)19-16-5-6-16)21(4)12-15-7-9-20(3)10-8-15/h14-16,19H,5-12H2,1-4H3. The molecule has 0 aromatic carbocycles. The first kappa shape index (κ1) is 16.7. The third kappa shape index (κ3) is 5.25. The van der Waals surface area contributed by atoms with Gasteiger partial charge in [-0.25, -0.2) is 0 Å². The highest BCUT2D eigenvalue weighted by Crippen LogP contribution is 2.26. The summed E-state index contributed by atoms with van der Waals surface area (Å²) in [6.07, 6.45) is 5.99. The Hall–Kier alpha value is -0.630. The van der Waals surface area contributed by atoms with Crippen LogP contribution in [-0.2, 0) is 0 Å². The lowest BCUT2D eigenvalue weighted by molar-refractivity contribution is 0.141. The van der Waals surface area contributed by atoms with Gasteiger partial charge in [0.05, 0.1) is 6.07 Å². The molecule has 2 aliphatic rings. The first-order chi connectivity index (χ1) is 9.92. The Labute approximate surface area is 130 Å². The van der Waals surface area contributed by atoms with E-state index in [1.165, 1.54) is 45.3 Å². The van der Waals surface area contributed by atoms with Crippen LogP contribution in [-0.4, -0.2) is 61.2 Å². The van der Waals surface area contributed by atoms with Crippen molar-refractivity contribution in [1.82, 2.24) is 15.1 Å². The maximum absolute atomic E-state index is 9.51. The highest BCUT2D eigenvalue weighted by Gasteiger charge is 2.34. The van der Waals surface area contributed by atoms with E-state index in [1.54, 1.807) is 0 Å². The first-order valence-electron chi connectivity index (χ1n) is 8.49. The molecule has 2 fully saturated rings. The van der Waals surface area contributed by atoms with Crippen molar-refractivity contribution in [2.24, 2.45) is 5.92 Å². The molecule has 1 heterocycles. The van der Waals surface area contributed by atoms with Crippen molar-refractivity contribution < 1.29 is 0 Å². The van der Waals surface area contributed by atoms with Gasteiger partial charge in [-0.05, 0) is 79.1 Å². The van der Waals surface area contributed by atoms with Gasteiger partial charge in [-0.15, -0.1) is 0 Å². The average Bonchev–Trinajstić information content (AvgIpc) is 3.25. The number of piperidine rings is 1. The van der Waals surface area contributed by atoms with E-state index in [0.29, 0.717) is 12.1 Å². The van der Waals surface area contributed by atoms with Crippen LogP contribution in [0.2, 0.25) is 0 Å². The fourth-order valence-corrected chi connectivity index (χ4v) is 3.39. The number of nitrogens with one attached hydrogen (secondary N) is 1. The van der Waals surface area contributed by atoms with Crippen molar-refractivity contribution in [3.8, 4) is 6.07 Å². The van der Waals surface area contributed by atoms with Crippen molar-refractivity contribution in [3.63, 3.8) is 0 Å². The van der Waals surface area contributed by atoms with E-state index in [1.807, 2.05) is 0 Å². The van der Waals surface area contributed by atoms with E-state index in [9.17, 15) is 5.26 Å². The summed E-state index contributed by atoms with van der Waals surface area (Å²) in [7, 11) is 4.43. The van der Waals surface area contributed by atoms with Gasteiger partial charge in [0.25, 0.3) is 0 Å². The Kier molecular flexibility index (Phi) is 5.65. The molecule has 0 aromatic rings. The van der Waals surface area contributed by atoms with Crippen molar-refractivity contribution >= 4 is 0 Å². The summed E-state index contributed by atoms with van der Waals surface area (Å²) >= 11 is 0. The van der Waals surface area contributed by atoms with Gasteiger partial charge in [-0.2, -0.15) is 5.26 Å². The highest BCUT2D eigenvalue weighted by molar-refractivity contribution is 5.08. The molecular weight excluding hydrogens is 260 g/mol. The zero-order valence-corrected chi connectivity index (χ0v) is 14.2. The number of rotatable bonds is 7. The van der Waals surface area contributed by atoms with Crippen LogP contribution in [0.4, 0.5) is 0 Å². The van der Waals surface area contributed by atoms with Gasteiger partial charge in [-0.1, -0.05) is 0 Å². The second-order valence-corrected chi connectivity index (χ2v) is 7.60. The molecule has 1 aliphatic carbocycles. The molecule has 0 amide bonds. The Balaban J connectivity index is 1.78. The van der Waals surface area contributed by atoms with Gasteiger partial charge in [0, 0.05) is 18.6 Å². The van der Waals surface area contributed by atoms with Crippen LogP contribution in [0.3, 0.4) is 0 Å². The lowest BCUT2D eigenvalue weighted by Crippen LogP contribution is -2.48. The Bertz CT molecular complexity index is 365. The van der Waals surface area contributed by atoms with Crippen molar-refractivity contribution in [2.75, 3.05) is 33.7 Å². The van der Waals surface area contributed by atoms with Crippen LogP contribution in [0.1, 0.15) is 46.0 Å². The van der Waals surface area contributed by atoms with Gasteiger partial charge in [0.1, 0.15) is 5.54 Å². The molecule has 2 atom stereocenters. The quantitative estimate of drug-likeness (QED) is 0.780. The fourth-order valence-electron chi connectivity index (χ4n) is 3.39. The van der Waals surface area contributed by atoms with Gasteiger partial charge in [-0.3, -0.25) is 5.32 Å². The normalized spacial score (nSPS) is 25.5. The number of hydrogen-bond acceptors (Lipinski definition) is 4. The molecule has 1 saturated carbocycles. The fraction of sp³-hybridized carbons (Fsp3) is 0.941. The molecule has 120 valence electrons. The monoisotopic (exact) mass is 292 g/mol. The first-order valence-corrected chi connectivity index (χ1v) is 8.49. The molecule has 4 heteroatoms. The van der Waals surface area contributed by atoms with Crippen LogP contribution < -0.4 is 5.32 Å². The molecule has 4 nitrogen and oxygen atoms in total. The van der Waals surface area contributed by atoms with E-state index >= 15 is 0 Å². The number of nitriles is 1. The van der Waals surface area contributed by atoms with Crippen molar-refractivity contribution in [3.05, 3.63) is 0 Å². The largest absolute Gasteiger partial charge is 0.306 e. The average molecular weight is 292 g/mol. The third-order valence-electron chi connectivity index (χ3n) is 5.19. The molecule has 0 radical (unpaired) electrons. The summed E-state index contributed by atoms with van der Waals surface area (Å²) in [4.78, 5) is 4.88. The second kappa shape index (κ2) is 7.09. The van der Waals surface area contributed by atoms with Crippen LogP contribution in [0.5, 0.6) is 0 Å². The van der Waals surface area contributed by atoms with E-state index in [2.05, 4.69) is 49.1 Å². The van der Waals surface area contributed by atoms with Crippen LogP contribution in [0.15, 0.2) is 0 Å². The van der Waals surface area contributed by atoms with Gasteiger partial charge in [0.15, 0.2) is 0 Å². The summed E-state index contributed by atoms with van der Waals surface area (Å²) in [5.74, 6) is 0.818. The summed E-state index contributed by atoms with van der Waals surface area (Å²) in [5, 5.41) is 13.0. The second-order valence-electron chi connectivity index (χ2n) is 7.60. The molecular formula is C17H32N4. The van der Waals surface area contributed by atoms with E-state index in [0.717, 1.165) is 12.3 Å². The molecule has 1 aliphatic heterocycles. The van der Waals surface area contributed by atoms with E-state index in [-0.39, 0.29) is 5.54 Å².